The number of nitrogens with one attached hydrogen (secondary N) is 1. The third-order valence-electron chi connectivity index (χ3n) is 2.32. The number of rotatable bonds is 2. The Balaban J connectivity index is 2.53. The molecule has 0 radical (unpaired) electrons. The van der Waals surface area contributed by atoms with E-state index in [2.05, 4.69) is 26.1 Å². The number of hydrogen-bond donors (Lipinski definition) is 1. The number of aromatic amines is 1. The number of Topliss-reactive ketones (excluding diaryl/α,β-unsaturated/α-hetero) is 1. The number of halogens is 1. The summed E-state index contributed by atoms with van der Waals surface area (Å²) in [5.74, 6) is -0.271. The van der Waals surface area contributed by atoms with Crippen molar-refractivity contribution in [2.24, 2.45) is 0 Å². The van der Waals surface area contributed by atoms with Crippen molar-refractivity contribution in [3.05, 3.63) is 50.7 Å². The highest BCUT2D eigenvalue weighted by Crippen LogP contribution is 2.19. The minimum atomic E-state index is -0.460. The molecule has 0 amide bonds. The molecule has 1 aromatic carbocycles. The summed E-state index contributed by atoms with van der Waals surface area (Å²) < 4.78 is 0.956. The van der Waals surface area contributed by atoms with E-state index < -0.39 is 5.56 Å². The lowest BCUT2D eigenvalue weighted by Crippen LogP contribution is -2.17. The molecule has 2 aromatic rings. The summed E-state index contributed by atoms with van der Waals surface area (Å²) in [6, 6.07) is 8.96. The summed E-state index contributed by atoms with van der Waals surface area (Å²) in [7, 11) is 0. The van der Waals surface area contributed by atoms with Crippen LogP contribution in [0.25, 0.3) is 11.3 Å². The summed E-state index contributed by atoms with van der Waals surface area (Å²) in [5, 5.41) is 6.24. The van der Waals surface area contributed by atoms with Crippen LogP contribution in [0.1, 0.15) is 17.3 Å². The third-order valence-corrected chi connectivity index (χ3v) is 2.85. The normalized spacial score (nSPS) is 10.2. The molecule has 0 bridgehead atoms. The fourth-order valence-electron chi connectivity index (χ4n) is 1.44. The Labute approximate surface area is 106 Å². The second kappa shape index (κ2) is 4.63. The predicted molar refractivity (Wildman–Crippen MR) is 68.0 cm³/mol. The van der Waals surface area contributed by atoms with Crippen molar-refractivity contribution in [2.45, 2.75) is 6.92 Å². The quantitative estimate of drug-likeness (QED) is 0.865. The fourth-order valence-corrected chi connectivity index (χ4v) is 1.70. The molecule has 86 valence electrons. The van der Waals surface area contributed by atoms with E-state index in [9.17, 15) is 9.59 Å². The number of H-pyrrole nitrogens is 1. The van der Waals surface area contributed by atoms with Gasteiger partial charge < -0.3 is 0 Å². The lowest BCUT2D eigenvalue weighted by atomic mass is 10.1. The fraction of sp³-hybridized carbons (Fsp3) is 0.0833. The van der Waals surface area contributed by atoms with Crippen LogP contribution in [-0.4, -0.2) is 16.0 Å². The van der Waals surface area contributed by atoms with Gasteiger partial charge in [-0.2, -0.15) is 5.10 Å². The maximum Gasteiger partial charge on any atom is 0.275 e. The van der Waals surface area contributed by atoms with Gasteiger partial charge in [0, 0.05) is 10.0 Å². The van der Waals surface area contributed by atoms with Crippen LogP contribution in [0.5, 0.6) is 0 Å². The van der Waals surface area contributed by atoms with E-state index in [1.807, 2.05) is 24.3 Å². The Bertz CT molecular complexity index is 617. The Morgan fingerprint density at radius 3 is 2.53 bits per heavy atom. The standard InChI is InChI=1S/C12H9BrN2O2/c1-7(16)10-6-11(14-15-12(10)17)8-2-4-9(13)5-3-8/h2-6H,1H3,(H,15,17). The average molecular weight is 293 g/mol. The topological polar surface area (TPSA) is 62.8 Å². The first-order valence-corrected chi connectivity index (χ1v) is 5.74. The number of benzene rings is 1. The van der Waals surface area contributed by atoms with Gasteiger partial charge in [-0.1, -0.05) is 28.1 Å². The zero-order valence-corrected chi connectivity index (χ0v) is 10.6. The Morgan fingerprint density at radius 2 is 1.94 bits per heavy atom. The van der Waals surface area contributed by atoms with Gasteiger partial charge in [0.1, 0.15) is 0 Å². The van der Waals surface area contributed by atoms with Gasteiger partial charge >= 0.3 is 0 Å². The van der Waals surface area contributed by atoms with Crippen LogP contribution >= 0.6 is 15.9 Å². The monoisotopic (exact) mass is 292 g/mol. The van der Waals surface area contributed by atoms with Gasteiger partial charge in [-0.05, 0) is 25.1 Å². The van der Waals surface area contributed by atoms with Crippen LogP contribution in [0.2, 0.25) is 0 Å². The summed E-state index contributed by atoms with van der Waals surface area (Å²) in [4.78, 5) is 22.6. The number of nitrogens with zero attached hydrogens (tertiary/aromatic N) is 1. The van der Waals surface area contributed by atoms with Crippen LogP contribution < -0.4 is 5.56 Å². The number of ketones is 1. The van der Waals surface area contributed by atoms with E-state index >= 15 is 0 Å². The molecule has 0 saturated heterocycles. The average Bonchev–Trinajstić information content (AvgIpc) is 2.30. The minimum Gasteiger partial charge on any atom is -0.294 e. The molecule has 5 heteroatoms. The minimum absolute atomic E-state index is 0.123. The van der Waals surface area contributed by atoms with Gasteiger partial charge in [0.2, 0.25) is 0 Å². The van der Waals surface area contributed by atoms with Gasteiger partial charge in [0.25, 0.3) is 5.56 Å². The zero-order chi connectivity index (χ0) is 12.4. The Kier molecular flexibility index (Phi) is 3.19. The molecule has 0 saturated carbocycles. The molecule has 1 heterocycles. The smallest absolute Gasteiger partial charge is 0.275 e. The van der Waals surface area contributed by atoms with Crippen LogP contribution in [0.4, 0.5) is 0 Å². The van der Waals surface area contributed by atoms with E-state index in [0.29, 0.717) is 5.69 Å². The maximum absolute atomic E-state index is 11.4. The van der Waals surface area contributed by atoms with Gasteiger partial charge in [0.15, 0.2) is 5.78 Å². The predicted octanol–water partition coefficient (Wildman–Crippen LogP) is 2.40. The lowest BCUT2D eigenvalue weighted by Gasteiger charge is -2.01. The molecule has 1 N–H and O–H groups in total. The first-order valence-electron chi connectivity index (χ1n) is 4.94. The van der Waals surface area contributed by atoms with Crippen molar-refractivity contribution >= 4 is 21.7 Å². The lowest BCUT2D eigenvalue weighted by molar-refractivity contribution is 0.101. The second-order valence-electron chi connectivity index (χ2n) is 3.56. The van der Waals surface area contributed by atoms with E-state index in [4.69, 9.17) is 0 Å². The molecule has 2 rings (SSSR count). The number of aromatic nitrogens is 2. The molecule has 0 aliphatic heterocycles. The Morgan fingerprint density at radius 1 is 1.29 bits per heavy atom. The van der Waals surface area contributed by atoms with Crippen molar-refractivity contribution < 1.29 is 4.79 Å². The molecule has 1 aromatic heterocycles. The van der Waals surface area contributed by atoms with E-state index in [-0.39, 0.29) is 11.3 Å². The largest absolute Gasteiger partial charge is 0.294 e. The number of carbonyl (C=O) groups excluding carboxylic acids is 1. The first kappa shape index (κ1) is 11.7. The highest BCUT2D eigenvalue weighted by molar-refractivity contribution is 9.10. The SMILES string of the molecule is CC(=O)c1cc(-c2ccc(Br)cc2)n[nH]c1=O. The van der Waals surface area contributed by atoms with Gasteiger partial charge in [-0.15, -0.1) is 0 Å². The van der Waals surface area contributed by atoms with Crippen molar-refractivity contribution in [1.29, 1.82) is 0 Å². The molecule has 17 heavy (non-hydrogen) atoms. The molecular weight excluding hydrogens is 284 g/mol. The van der Waals surface area contributed by atoms with Crippen molar-refractivity contribution in [2.75, 3.05) is 0 Å². The maximum atomic E-state index is 11.4. The molecule has 4 nitrogen and oxygen atoms in total. The van der Waals surface area contributed by atoms with E-state index in [1.54, 1.807) is 0 Å². The van der Waals surface area contributed by atoms with Gasteiger partial charge in [-0.25, -0.2) is 5.10 Å². The Hall–Kier alpha value is -1.75. The molecule has 0 aliphatic rings. The molecule has 0 atom stereocenters. The third kappa shape index (κ3) is 2.50. The molecule has 0 unspecified atom stereocenters. The summed E-state index contributed by atoms with van der Waals surface area (Å²) in [6.07, 6.45) is 0. The van der Waals surface area contributed by atoms with Crippen molar-refractivity contribution in [3.63, 3.8) is 0 Å². The van der Waals surface area contributed by atoms with Gasteiger partial charge in [0.05, 0.1) is 11.3 Å². The van der Waals surface area contributed by atoms with E-state index in [1.165, 1.54) is 13.0 Å². The molecular formula is C12H9BrN2O2. The zero-order valence-electron chi connectivity index (χ0n) is 9.03. The van der Waals surface area contributed by atoms with Crippen molar-refractivity contribution in [3.8, 4) is 11.3 Å². The van der Waals surface area contributed by atoms with Gasteiger partial charge in [-0.3, -0.25) is 9.59 Å². The second-order valence-corrected chi connectivity index (χ2v) is 4.47. The van der Waals surface area contributed by atoms with Crippen LogP contribution in [0.3, 0.4) is 0 Å². The number of hydrogen-bond acceptors (Lipinski definition) is 3. The summed E-state index contributed by atoms with van der Waals surface area (Å²) in [6.45, 7) is 1.36. The molecule has 0 aliphatic carbocycles. The molecule has 0 spiro atoms. The van der Waals surface area contributed by atoms with Crippen LogP contribution in [0.15, 0.2) is 39.6 Å². The van der Waals surface area contributed by atoms with Crippen LogP contribution in [0, 0.1) is 0 Å². The number of carbonyl (C=O) groups is 1. The highest BCUT2D eigenvalue weighted by atomic mass is 79.9. The van der Waals surface area contributed by atoms with E-state index in [0.717, 1.165) is 10.0 Å². The van der Waals surface area contributed by atoms with Crippen molar-refractivity contribution in [1.82, 2.24) is 10.2 Å². The highest BCUT2D eigenvalue weighted by Gasteiger charge is 2.08. The first-order chi connectivity index (χ1) is 8.08. The summed E-state index contributed by atoms with van der Waals surface area (Å²) in [5.41, 5.74) is 1.07. The molecule has 0 fully saturated rings. The summed E-state index contributed by atoms with van der Waals surface area (Å²) >= 11 is 3.33. The van der Waals surface area contributed by atoms with Crippen LogP contribution in [-0.2, 0) is 0 Å².